The van der Waals surface area contributed by atoms with E-state index in [2.05, 4.69) is 10.6 Å². The molecule has 0 aromatic heterocycles. The Morgan fingerprint density at radius 1 is 1.00 bits per heavy atom. The molecule has 2 aromatic carbocycles. The van der Waals surface area contributed by atoms with Crippen LogP contribution in [0.25, 0.3) is 10.8 Å². The van der Waals surface area contributed by atoms with Crippen LogP contribution >= 0.6 is 0 Å². The number of rotatable bonds is 7. The van der Waals surface area contributed by atoms with Crippen LogP contribution in [0.1, 0.15) is 18.4 Å². The summed E-state index contributed by atoms with van der Waals surface area (Å²) in [5.74, 6) is -1.40. The quantitative estimate of drug-likeness (QED) is 0.442. The topological polar surface area (TPSA) is 108 Å². The summed E-state index contributed by atoms with van der Waals surface area (Å²) < 4.78 is 0. The first-order chi connectivity index (χ1) is 12.0. The minimum atomic E-state index is -0.740. The molecular formula is C18H21N3O4. The molecule has 7 heteroatoms. The smallest absolute Gasteiger partial charge is 0.243 e. The van der Waals surface area contributed by atoms with Crippen molar-refractivity contribution in [3.63, 3.8) is 0 Å². The van der Waals surface area contributed by atoms with Gasteiger partial charge in [-0.2, -0.15) is 0 Å². The van der Waals surface area contributed by atoms with Crippen molar-refractivity contribution in [3.05, 3.63) is 48.0 Å². The number of benzene rings is 2. The summed E-state index contributed by atoms with van der Waals surface area (Å²) in [5, 5.41) is 15.8. The van der Waals surface area contributed by atoms with E-state index < -0.39 is 17.9 Å². The van der Waals surface area contributed by atoms with Crippen molar-refractivity contribution in [2.75, 3.05) is 7.05 Å². The second-order valence-corrected chi connectivity index (χ2v) is 5.65. The Labute approximate surface area is 145 Å². The number of carbonyl (C=O) groups excluding carboxylic acids is 3. The molecule has 132 valence electrons. The molecule has 0 saturated carbocycles. The standard InChI is InChI=1S/C18H21N3O4/c1-19-18(24)15(20-16(22)8-9-17(23)21-25)11-12-6-7-13-4-2-3-5-14(13)10-12/h2-7,10,15,25H,8-9,11H2,1H3,(H,19,24)(H,20,22)(H,21,23)/t15-/m0/s1. The van der Waals surface area contributed by atoms with Crippen LogP contribution in [0.2, 0.25) is 0 Å². The Morgan fingerprint density at radius 2 is 1.68 bits per heavy atom. The van der Waals surface area contributed by atoms with Crippen LogP contribution in [0.5, 0.6) is 0 Å². The van der Waals surface area contributed by atoms with Gasteiger partial charge >= 0.3 is 0 Å². The number of likely N-dealkylation sites (N-methyl/N-ethyl adjacent to an activating group) is 1. The molecular weight excluding hydrogens is 322 g/mol. The van der Waals surface area contributed by atoms with Gasteiger partial charge in [-0.3, -0.25) is 19.6 Å². The highest BCUT2D eigenvalue weighted by molar-refractivity contribution is 5.89. The highest BCUT2D eigenvalue weighted by atomic mass is 16.5. The molecule has 0 saturated heterocycles. The number of amides is 3. The molecule has 0 aliphatic heterocycles. The number of carbonyl (C=O) groups is 3. The van der Waals surface area contributed by atoms with Crippen molar-refractivity contribution < 1.29 is 19.6 Å². The molecule has 1 atom stereocenters. The van der Waals surface area contributed by atoms with Gasteiger partial charge in [0, 0.05) is 26.3 Å². The Bertz CT molecular complexity index is 776. The third kappa shape index (κ3) is 5.29. The molecule has 0 aliphatic carbocycles. The fourth-order valence-electron chi connectivity index (χ4n) is 2.53. The third-order valence-electron chi connectivity index (χ3n) is 3.86. The highest BCUT2D eigenvalue weighted by Gasteiger charge is 2.20. The van der Waals surface area contributed by atoms with Gasteiger partial charge in [-0.25, -0.2) is 5.48 Å². The van der Waals surface area contributed by atoms with E-state index in [0.29, 0.717) is 6.42 Å². The van der Waals surface area contributed by atoms with Gasteiger partial charge in [0.25, 0.3) is 0 Å². The first-order valence-electron chi connectivity index (χ1n) is 7.95. The van der Waals surface area contributed by atoms with Crippen LogP contribution in [0.4, 0.5) is 0 Å². The molecule has 0 spiro atoms. The van der Waals surface area contributed by atoms with Crippen LogP contribution in [0, 0.1) is 0 Å². The fraction of sp³-hybridized carbons (Fsp3) is 0.278. The van der Waals surface area contributed by atoms with Crippen molar-refractivity contribution in [1.29, 1.82) is 0 Å². The van der Waals surface area contributed by atoms with E-state index in [1.54, 1.807) is 0 Å². The predicted molar refractivity (Wildman–Crippen MR) is 92.8 cm³/mol. The summed E-state index contributed by atoms with van der Waals surface area (Å²) in [6, 6.07) is 13.0. The normalized spacial score (nSPS) is 11.6. The van der Waals surface area contributed by atoms with Crippen molar-refractivity contribution in [2.24, 2.45) is 0 Å². The summed E-state index contributed by atoms with van der Waals surface area (Å²) in [5.41, 5.74) is 2.38. The molecule has 3 amide bonds. The number of hydrogen-bond acceptors (Lipinski definition) is 4. The number of hydroxylamine groups is 1. The second-order valence-electron chi connectivity index (χ2n) is 5.65. The summed E-state index contributed by atoms with van der Waals surface area (Å²) in [7, 11) is 1.50. The molecule has 2 rings (SSSR count). The molecule has 2 aromatic rings. The zero-order valence-corrected chi connectivity index (χ0v) is 13.9. The van der Waals surface area contributed by atoms with Gasteiger partial charge in [0.2, 0.25) is 17.7 Å². The van der Waals surface area contributed by atoms with Gasteiger partial charge in [-0.05, 0) is 16.3 Å². The lowest BCUT2D eigenvalue weighted by atomic mass is 10.0. The molecule has 4 N–H and O–H groups in total. The molecule has 0 heterocycles. The average Bonchev–Trinajstić information content (AvgIpc) is 2.64. The summed E-state index contributed by atoms with van der Waals surface area (Å²) in [6.45, 7) is 0. The van der Waals surface area contributed by atoms with Crippen molar-refractivity contribution in [3.8, 4) is 0 Å². The Hall–Kier alpha value is -2.93. The monoisotopic (exact) mass is 343 g/mol. The molecule has 7 nitrogen and oxygen atoms in total. The largest absolute Gasteiger partial charge is 0.357 e. The number of fused-ring (bicyclic) bond motifs is 1. The van der Waals surface area contributed by atoms with Crippen molar-refractivity contribution >= 4 is 28.5 Å². The second kappa shape index (κ2) is 8.79. The summed E-state index contributed by atoms with van der Waals surface area (Å²) >= 11 is 0. The van der Waals surface area contributed by atoms with Crippen LogP contribution in [0.15, 0.2) is 42.5 Å². The first kappa shape index (κ1) is 18.4. The Kier molecular flexibility index (Phi) is 6.47. The zero-order valence-electron chi connectivity index (χ0n) is 13.9. The van der Waals surface area contributed by atoms with Gasteiger partial charge in [0.05, 0.1) is 0 Å². The third-order valence-corrected chi connectivity index (χ3v) is 3.86. The van der Waals surface area contributed by atoms with Crippen molar-refractivity contribution in [1.82, 2.24) is 16.1 Å². The van der Waals surface area contributed by atoms with E-state index in [1.807, 2.05) is 42.5 Å². The van der Waals surface area contributed by atoms with Gasteiger partial charge in [-0.15, -0.1) is 0 Å². The molecule has 0 radical (unpaired) electrons. The van der Waals surface area contributed by atoms with Gasteiger partial charge in [0.1, 0.15) is 6.04 Å². The minimum absolute atomic E-state index is 0.113. The van der Waals surface area contributed by atoms with Crippen LogP contribution in [0.3, 0.4) is 0 Å². The maximum absolute atomic E-state index is 12.1. The zero-order chi connectivity index (χ0) is 18.2. The molecule has 25 heavy (non-hydrogen) atoms. The Balaban J connectivity index is 2.07. The van der Waals surface area contributed by atoms with Crippen LogP contribution in [-0.2, 0) is 20.8 Å². The lowest BCUT2D eigenvalue weighted by Crippen LogP contribution is -2.47. The van der Waals surface area contributed by atoms with E-state index in [4.69, 9.17) is 5.21 Å². The molecule has 0 unspecified atom stereocenters. The number of nitrogens with one attached hydrogen (secondary N) is 3. The molecule has 0 aliphatic rings. The first-order valence-corrected chi connectivity index (χ1v) is 7.95. The van der Waals surface area contributed by atoms with E-state index in [0.717, 1.165) is 16.3 Å². The number of hydrogen-bond donors (Lipinski definition) is 4. The SMILES string of the molecule is CNC(=O)[C@H](Cc1ccc2ccccc2c1)NC(=O)CCC(=O)NO. The van der Waals surface area contributed by atoms with Crippen molar-refractivity contribution in [2.45, 2.75) is 25.3 Å². The van der Waals surface area contributed by atoms with E-state index in [1.165, 1.54) is 12.5 Å². The summed E-state index contributed by atoms with van der Waals surface area (Å²) in [6.07, 6.45) is 0.0683. The van der Waals surface area contributed by atoms with Crippen LogP contribution in [-0.4, -0.2) is 36.0 Å². The van der Waals surface area contributed by atoms with Gasteiger partial charge in [-0.1, -0.05) is 42.5 Å². The van der Waals surface area contributed by atoms with Gasteiger partial charge < -0.3 is 10.6 Å². The summed E-state index contributed by atoms with van der Waals surface area (Å²) in [4.78, 5) is 35.0. The van der Waals surface area contributed by atoms with Gasteiger partial charge in [0.15, 0.2) is 0 Å². The average molecular weight is 343 g/mol. The van der Waals surface area contributed by atoms with E-state index >= 15 is 0 Å². The maximum atomic E-state index is 12.1. The maximum Gasteiger partial charge on any atom is 0.243 e. The lowest BCUT2D eigenvalue weighted by Gasteiger charge is -2.17. The minimum Gasteiger partial charge on any atom is -0.357 e. The highest BCUT2D eigenvalue weighted by Crippen LogP contribution is 2.16. The molecule has 0 bridgehead atoms. The van der Waals surface area contributed by atoms with E-state index in [-0.39, 0.29) is 18.7 Å². The fourth-order valence-corrected chi connectivity index (χ4v) is 2.53. The predicted octanol–water partition coefficient (Wildman–Crippen LogP) is 0.899. The lowest BCUT2D eigenvalue weighted by molar-refractivity contribution is -0.132. The Morgan fingerprint density at radius 3 is 2.36 bits per heavy atom. The van der Waals surface area contributed by atoms with Crippen LogP contribution < -0.4 is 16.1 Å². The molecule has 0 fully saturated rings. The van der Waals surface area contributed by atoms with E-state index in [9.17, 15) is 14.4 Å².